The molecule has 0 aromatic carbocycles. The van der Waals surface area contributed by atoms with E-state index < -0.39 is 0 Å². The van der Waals surface area contributed by atoms with E-state index in [1.165, 1.54) is 0 Å². The number of pyridine rings is 1. The fraction of sp³-hybridized carbons (Fsp3) is 0.500. The molecule has 1 aromatic heterocycles. The predicted molar refractivity (Wildman–Crippen MR) is 71.3 cm³/mol. The molecular weight excluding hydrogens is 236 g/mol. The van der Waals surface area contributed by atoms with Gasteiger partial charge in [0.15, 0.2) is 0 Å². The molecule has 5 heteroatoms. The van der Waals surface area contributed by atoms with Crippen molar-refractivity contribution in [1.29, 1.82) is 0 Å². The van der Waals surface area contributed by atoms with Crippen molar-refractivity contribution in [2.45, 2.75) is 26.2 Å². The van der Waals surface area contributed by atoms with E-state index >= 15 is 0 Å². The quantitative estimate of drug-likeness (QED) is 0.571. The molecule has 0 aliphatic carbocycles. The Labute approximate surface area is 107 Å². The van der Waals surface area contributed by atoms with Gasteiger partial charge in [-0.2, -0.15) is 0 Å². The van der Waals surface area contributed by atoms with Crippen LogP contribution < -0.4 is 10.5 Å². The monoisotopic (exact) mass is 254 g/mol. The third kappa shape index (κ3) is 4.28. The SMILES string of the molecule is Cc1ccnc(OCCCCCO)c1C(N)=S. The minimum Gasteiger partial charge on any atom is -0.477 e. The molecule has 0 spiro atoms. The molecule has 0 amide bonds. The van der Waals surface area contributed by atoms with Gasteiger partial charge in [0, 0.05) is 12.8 Å². The van der Waals surface area contributed by atoms with Crippen LogP contribution >= 0.6 is 12.2 Å². The number of aryl methyl sites for hydroxylation is 1. The van der Waals surface area contributed by atoms with Crippen LogP contribution in [0.25, 0.3) is 0 Å². The van der Waals surface area contributed by atoms with Crippen LogP contribution in [0.5, 0.6) is 5.88 Å². The average Bonchev–Trinajstić information content (AvgIpc) is 2.28. The zero-order valence-electron chi connectivity index (χ0n) is 9.98. The molecule has 4 nitrogen and oxygen atoms in total. The lowest BCUT2D eigenvalue weighted by atomic mass is 10.1. The van der Waals surface area contributed by atoms with E-state index in [9.17, 15) is 0 Å². The van der Waals surface area contributed by atoms with E-state index in [1.54, 1.807) is 6.20 Å². The van der Waals surface area contributed by atoms with Gasteiger partial charge in [0.25, 0.3) is 0 Å². The van der Waals surface area contributed by atoms with Crippen molar-refractivity contribution in [2.24, 2.45) is 5.73 Å². The van der Waals surface area contributed by atoms with Crippen LogP contribution in [0, 0.1) is 6.92 Å². The van der Waals surface area contributed by atoms with Gasteiger partial charge < -0.3 is 15.6 Å². The second-order valence-electron chi connectivity index (χ2n) is 3.80. The highest BCUT2D eigenvalue weighted by Crippen LogP contribution is 2.19. The zero-order chi connectivity index (χ0) is 12.7. The lowest BCUT2D eigenvalue weighted by molar-refractivity contribution is 0.262. The van der Waals surface area contributed by atoms with E-state index in [0.717, 1.165) is 24.8 Å². The summed E-state index contributed by atoms with van der Waals surface area (Å²) in [4.78, 5) is 4.45. The summed E-state index contributed by atoms with van der Waals surface area (Å²) < 4.78 is 5.57. The summed E-state index contributed by atoms with van der Waals surface area (Å²) in [6.45, 7) is 2.71. The summed E-state index contributed by atoms with van der Waals surface area (Å²) >= 11 is 4.98. The number of unbranched alkanes of at least 4 members (excludes halogenated alkanes) is 2. The van der Waals surface area contributed by atoms with Crippen molar-refractivity contribution in [3.63, 3.8) is 0 Å². The number of aliphatic hydroxyl groups is 1. The molecule has 0 saturated heterocycles. The van der Waals surface area contributed by atoms with E-state index in [-0.39, 0.29) is 6.61 Å². The molecule has 1 aromatic rings. The Morgan fingerprint density at radius 1 is 1.47 bits per heavy atom. The standard InChI is InChI=1S/C12H18N2O2S/c1-9-5-6-14-12(10(9)11(13)17)16-8-4-2-3-7-15/h5-6,15H,2-4,7-8H2,1H3,(H2,13,17). The van der Waals surface area contributed by atoms with E-state index in [1.807, 2.05) is 13.0 Å². The molecule has 94 valence electrons. The molecule has 3 N–H and O–H groups in total. The Kier molecular flexibility index (Phi) is 5.86. The highest BCUT2D eigenvalue weighted by atomic mass is 32.1. The first-order valence-corrected chi connectivity index (χ1v) is 6.06. The smallest absolute Gasteiger partial charge is 0.223 e. The molecule has 0 radical (unpaired) electrons. The van der Waals surface area contributed by atoms with Gasteiger partial charge in [0.1, 0.15) is 4.99 Å². The van der Waals surface area contributed by atoms with Crippen LogP contribution in [-0.4, -0.2) is 28.3 Å². The summed E-state index contributed by atoms with van der Waals surface area (Å²) in [6, 6.07) is 1.85. The van der Waals surface area contributed by atoms with E-state index in [4.69, 9.17) is 27.8 Å². The molecule has 0 atom stereocenters. The van der Waals surface area contributed by atoms with Gasteiger partial charge in [-0.25, -0.2) is 4.98 Å². The molecule has 1 rings (SSSR count). The number of rotatable bonds is 7. The van der Waals surface area contributed by atoms with Crippen LogP contribution in [-0.2, 0) is 0 Å². The molecule has 0 fully saturated rings. The number of nitrogens with two attached hydrogens (primary N) is 1. The van der Waals surface area contributed by atoms with Gasteiger partial charge in [-0.3, -0.25) is 0 Å². The van der Waals surface area contributed by atoms with Gasteiger partial charge in [-0.05, 0) is 37.8 Å². The maximum absolute atomic E-state index is 8.65. The summed E-state index contributed by atoms with van der Waals surface area (Å²) in [7, 11) is 0. The highest BCUT2D eigenvalue weighted by molar-refractivity contribution is 7.80. The number of hydrogen-bond acceptors (Lipinski definition) is 4. The van der Waals surface area contributed by atoms with Gasteiger partial charge >= 0.3 is 0 Å². The average molecular weight is 254 g/mol. The van der Waals surface area contributed by atoms with Crippen molar-refractivity contribution in [3.8, 4) is 5.88 Å². The van der Waals surface area contributed by atoms with Crippen LogP contribution in [0.15, 0.2) is 12.3 Å². The summed E-state index contributed by atoms with van der Waals surface area (Å²) in [5.41, 5.74) is 7.33. The topological polar surface area (TPSA) is 68.4 Å². The third-order valence-electron chi connectivity index (χ3n) is 2.41. The van der Waals surface area contributed by atoms with Crippen LogP contribution in [0.1, 0.15) is 30.4 Å². The first kappa shape index (κ1) is 13.9. The van der Waals surface area contributed by atoms with E-state index in [2.05, 4.69) is 4.98 Å². The first-order chi connectivity index (χ1) is 8.16. The third-order valence-corrected chi connectivity index (χ3v) is 2.62. The Balaban J connectivity index is 2.58. The number of hydrogen-bond donors (Lipinski definition) is 2. The van der Waals surface area contributed by atoms with Crippen LogP contribution in [0.3, 0.4) is 0 Å². The molecular formula is C12H18N2O2S. The molecule has 17 heavy (non-hydrogen) atoms. The van der Waals surface area contributed by atoms with Gasteiger partial charge in [-0.1, -0.05) is 12.2 Å². The predicted octanol–water partition coefficient (Wildman–Crippen LogP) is 1.57. The summed E-state index contributed by atoms with van der Waals surface area (Å²) in [5.74, 6) is 0.501. The second kappa shape index (κ2) is 7.19. The number of aromatic nitrogens is 1. The van der Waals surface area contributed by atoms with Crippen LogP contribution in [0.4, 0.5) is 0 Å². The number of aliphatic hydroxyl groups excluding tert-OH is 1. The van der Waals surface area contributed by atoms with Crippen molar-refractivity contribution >= 4 is 17.2 Å². The van der Waals surface area contributed by atoms with Crippen molar-refractivity contribution in [2.75, 3.05) is 13.2 Å². The summed E-state index contributed by atoms with van der Waals surface area (Å²) in [5, 5.41) is 8.65. The zero-order valence-corrected chi connectivity index (χ0v) is 10.8. The number of nitrogens with zero attached hydrogens (tertiary/aromatic N) is 1. The highest BCUT2D eigenvalue weighted by Gasteiger charge is 2.10. The molecule has 0 aliphatic heterocycles. The van der Waals surface area contributed by atoms with Gasteiger partial charge in [-0.15, -0.1) is 0 Å². The van der Waals surface area contributed by atoms with Crippen molar-refractivity contribution < 1.29 is 9.84 Å². The molecule has 0 saturated carbocycles. The maximum Gasteiger partial charge on any atom is 0.223 e. The van der Waals surface area contributed by atoms with Crippen molar-refractivity contribution in [3.05, 3.63) is 23.4 Å². The minimum absolute atomic E-state index is 0.223. The lowest BCUT2D eigenvalue weighted by Gasteiger charge is -2.11. The molecule has 1 heterocycles. The maximum atomic E-state index is 8.65. The molecule has 0 aliphatic rings. The van der Waals surface area contributed by atoms with Gasteiger partial charge in [0.05, 0.1) is 12.2 Å². The Bertz CT molecular complexity index is 383. The number of thiocarbonyl (C=S) groups is 1. The Hall–Kier alpha value is -1.20. The fourth-order valence-electron chi connectivity index (χ4n) is 1.50. The fourth-order valence-corrected chi connectivity index (χ4v) is 1.75. The normalized spacial score (nSPS) is 10.2. The van der Waals surface area contributed by atoms with E-state index in [0.29, 0.717) is 23.0 Å². The summed E-state index contributed by atoms with van der Waals surface area (Å²) in [6.07, 6.45) is 4.30. The van der Waals surface area contributed by atoms with Gasteiger partial charge in [0.2, 0.25) is 5.88 Å². The number of ether oxygens (including phenoxy) is 1. The Morgan fingerprint density at radius 3 is 2.88 bits per heavy atom. The first-order valence-electron chi connectivity index (χ1n) is 5.66. The second-order valence-corrected chi connectivity index (χ2v) is 4.24. The van der Waals surface area contributed by atoms with Crippen molar-refractivity contribution in [1.82, 2.24) is 4.98 Å². The molecule has 0 unspecified atom stereocenters. The minimum atomic E-state index is 0.223. The van der Waals surface area contributed by atoms with Crippen LogP contribution in [0.2, 0.25) is 0 Å². The molecule has 0 bridgehead atoms. The Morgan fingerprint density at radius 2 is 2.24 bits per heavy atom. The lowest BCUT2D eigenvalue weighted by Crippen LogP contribution is -2.15. The largest absolute Gasteiger partial charge is 0.477 e.